The molecule has 0 saturated carbocycles. The van der Waals surface area contributed by atoms with Gasteiger partial charge in [0.2, 0.25) is 0 Å². The van der Waals surface area contributed by atoms with E-state index in [0.717, 1.165) is 11.3 Å². The standard InChI is InChI=1S/C16H16Cl2N2O/c1-10(13-7-4-8-14(17)15(13)18)20-12-6-3-5-11(9-12)16(21)19-2/h3-10,20H,1-2H3,(H,19,21). The van der Waals surface area contributed by atoms with Gasteiger partial charge < -0.3 is 10.6 Å². The molecule has 21 heavy (non-hydrogen) atoms. The van der Waals surface area contributed by atoms with Gasteiger partial charge in [0.1, 0.15) is 0 Å². The second-order valence-electron chi connectivity index (χ2n) is 4.67. The van der Waals surface area contributed by atoms with E-state index in [1.54, 1.807) is 25.2 Å². The summed E-state index contributed by atoms with van der Waals surface area (Å²) in [6.07, 6.45) is 0. The van der Waals surface area contributed by atoms with Crippen molar-refractivity contribution in [2.45, 2.75) is 13.0 Å². The minimum atomic E-state index is -0.118. The molecule has 3 nitrogen and oxygen atoms in total. The van der Waals surface area contributed by atoms with Gasteiger partial charge in [-0.25, -0.2) is 0 Å². The Morgan fingerprint density at radius 3 is 2.57 bits per heavy atom. The summed E-state index contributed by atoms with van der Waals surface area (Å²) < 4.78 is 0. The maximum absolute atomic E-state index is 11.6. The molecule has 0 fully saturated rings. The van der Waals surface area contributed by atoms with Crippen LogP contribution in [0.15, 0.2) is 42.5 Å². The SMILES string of the molecule is CNC(=O)c1cccc(NC(C)c2cccc(Cl)c2Cl)c1. The van der Waals surface area contributed by atoms with E-state index in [1.165, 1.54) is 0 Å². The van der Waals surface area contributed by atoms with Gasteiger partial charge in [-0.15, -0.1) is 0 Å². The Kier molecular flexibility index (Phi) is 5.10. The van der Waals surface area contributed by atoms with Crippen LogP contribution in [0.2, 0.25) is 10.0 Å². The summed E-state index contributed by atoms with van der Waals surface area (Å²) in [5.41, 5.74) is 2.36. The number of nitrogens with one attached hydrogen (secondary N) is 2. The topological polar surface area (TPSA) is 41.1 Å². The predicted octanol–water partition coefficient (Wildman–Crippen LogP) is 4.53. The zero-order valence-electron chi connectivity index (χ0n) is 11.8. The van der Waals surface area contributed by atoms with E-state index in [9.17, 15) is 4.79 Å². The van der Waals surface area contributed by atoms with Crippen molar-refractivity contribution in [3.05, 3.63) is 63.6 Å². The molecule has 2 N–H and O–H groups in total. The molecule has 0 aliphatic heterocycles. The second kappa shape index (κ2) is 6.83. The molecule has 2 rings (SSSR count). The third kappa shape index (κ3) is 3.69. The first-order valence-electron chi connectivity index (χ1n) is 6.55. The molecule has 1 unspecified atom stereocenters. The number of amides is 1. The van der Waals surface area contributed by atoms with Crippen molar-refractivity contribution in [3.8, 4) is 0 Å². The number of carbonyl (C=O) groups is 1. The van der Waals surface area contributed by atoms with E-state index in [2.05, 4.69) is 10.6 Å². The minimum absolute atomic E-state index is 0.0314. The van der Waals surface area contributed by atoms with E-state index in [1.807, 2.05) is 31.2 Å². The minimum Gasteiger partial charge on any atom is -0.378 e. The highest BCUT2D eigenvalue weighted by atomic mass is 35.5. The van der Waals surface area contributed by atoms with Gasteiger partial charge in [0.25, 0.3) is 5.91 Å². The lowest BCUT2D eigenvalue weighted by Crippen LogP contribution is -2.18. The Morgan fingerprint density at radius 1 is 1.14 bits per heavy atom. The van der Waals surface area contributed by atoms with Crippen molar-refractivity contribution in [2.24, 2.45) is 0 Å². The number of rotatable bonds is 4. The van der Waals surface area contributed by atoms with Crippen LogP contribution in [0.4, 0.5) is 5.69 Å². The Morgan fingerprint density at radius 2 is 1.86 bits per heavy atom. The maximum Gasteiger partial charge on any atom is 0.251 e. The van der Waals surface area contributed by atoms with Crippen molar-refractivity contribution < 1.29 is 4.79 Å². The maximum atomic E-state index is 11.6. The van der Waals surface area contributed by atoms with E-state index in [4.69, 9.17) is 23.2 Å². The van der Waals surface area contributed by atoms with Crippen LogP contribution < -0.4 is 10.6 Å². The van der Waals surface area contributed by atoms with Gasteiger partial charge >= 0.3 is 0 Å². The number of benzene rings is 2. The highest BCUT2D eigenvalue weighted by molar-refractivity contribution is 6.42. The zero-order chi connectivity index (χ0) is 15.4. The van der Waals surface area contributed by atoms with Crippen LogP contribution in [0, 0.1) is 0 Å². The molecular weight excluding hydrogens is 307 g/mol. The quantitative estimate of drug-likeness (QED) is 0.868. The molecule has 0 heterocycles. The summed E-state index contributed by atoms with van der Waals surface area (Å²) in [5.74, 6) is -0.118. The van der Waals surface area contributed by atoms with E-state index in [-0.39, 0.29) is 11.9 Å². The van der Waals surface area contributed by atoms with Crippen molar-refractivity contribution in [2.75, 3.05) is 12.4 Å². The average Bonchev–Trinajstić information content (AvgIpc) is 2.49. The van der Waals surface area contributed by atoms with E-state index in [0.29, 0.717) is 15.6 Å². The monoisotopic (exact) mass is 322 g/mol. The fraction of sp³-hybridized carbons (Fsp3) is 0.188. The molecule has 5 heteroatoms. The van der Waals surface area contributed by atoms with Gasteiger partial charge in [-0.1, -0.05) is 41.4 Å². The number of anilines is 1. The molecular formula is C16H16Cl2N2O. The Bertz CT molecular complexity index is 658. The van der Waals surface area contributed by atoms with Crippen LogP contribution in [0.1, 0.15) is 28.9 Å². The molecule has 1 amide bonds. The van der Waals surface area contributed by atoms with Crippen molar-refractivity contribution >= 4 is 34.8 Å². The molecule has 0 radical (unpaired) electrons. The average molecular weight is 323 g/mol. The fourth-order valence-electron chi connectivity index (χ4n) is 2.08. The molecule has 0 bridgehead atoms. The predicted molar refractivity (Wildman–Crippen MR) is 88.3 cm³/mol. The van der Waals surface area contributed by atoms with E-state index >= 15 is 0 Å². The summed E-state index contributed by atoms with van der Waals surface area (Å²) in [7, 11) is 1.61. The zero-order valence-corrected chi connectivity index (χ0v) is 13.3. The van der Waals surface area contributed by atoms with Crippen molar-refractivity contribution in [1.82, 2.24) is 5.32 Å². The summed E-state index contributed by atoms with van der Waals surface area (Å²) >= 11 is 12.3. The van der Waals surface area contributed by atoms with Gasteiger partial charge in [-0.05, 0) is 36.8 Å². The van der Waals surface area contributed by atoms with Crippen molar-refractivity contribution in [3.63, 3.8) is 0 Å². The lowest BCUT2D eigenvalue weighted by atomic mass is 10.1. The van der Waals surface area contributed by atoms with Crippen molar-refractivity contribution in [1.29, 1.82) is 0 Å². The van der Waals surface area contributed by atoms with Crippen LogP contribution in [0.25, 0.3) is 0 Å². The number of hydrogen-bond acceptors (Lipinski definition) is 2. The highest BCUT2D eigenvalue weighted by Crippen LogP contribution is 2.31. The summed E-state index contributed by atoms with van der Waals surface area (Å²) in [6, 6.07) is 12.8. The smallest absolute Gasteiger partial charge is 0.251 e. The number of hydrogen-bond donors (Lipinski definition) is 2. The largest absolute Gasteiger partial charge is 0.378 e. The van der Waals surface area contributed by atoms with Crippen LogP contribution in [-0.2, 0) is 0 Å². The van der Waals surface area contributed by atoms with Crippen LogP contribution >= 0.6 is 23.2 Å². The molecule has 2 aromatic rings. The lowest BCUT2D eigenvalue weighted by Gasteiger charge is -2.18. The molecule has 0 aliphatic rings. The summed E-state index contributed by atoms with van der Waals surface area (Å²) in [5, 5.41) is 7.00. The first kappa shape index (κ1) is 15.7. The first-order valence-corrected chi connectivity index (χ1v) is 7.31. The lowest BCUT2D eigenvalue weighted by molar-refractivity contribution is 0.0963. The molecule has 0 spiro atoms. The Balaban J connectivity index is 2.21. The van der Waals surface area contributed by atoms with E-state index < -0.39 is 0 Å². The molecule has 1 atom stereocenters. The molecule has 0 saturated heterocycles. The molecule has 2 aromatic carbocycles. The summed E-state index contributed by atoms with van der Waals surface area (Å²) in [4.78, 5) is 11.6. The van der Waals surface area contributed by atoms with Gasteiger partial charge in [-0.3, -0.25) is 4.79 Å². The van der Waals surface area contributed by atoms with Crippen LogP contribution in [0.5, 0.6) is 0 Å². The van der Waals surface area contributed by atoms with Gasteiger partial charge in [0, 0.05) is 18.3 Å². The summed E-state index contributed by atoms with van der Waals surface area (Å²) in [6.45, 7) is 1.99. The normalized spacial score (nSPS) is 11.8. The Labute approximate surface area is 134 Å². The van der Waals surface area contributed by atoms with Gasteiger partial charge in [0.15, 0.2) is 0 Å². The molecule has 0 aliphatic carbocycles. The Hall–Kier alpha value is -1.71. The highest BCUT2D eigenvalue weighted by Gasteiger charge is 2.12. The third-order valence-electron chi connectivity index (χ3n) is 3.18. The van der Waals surface area contributed by atoms with Crippen LogP contribution in [-0.4, -0.2) is 13.0 Å². The number of halogens is 2. The fourth-order valence-corrected chi connectivity index (χ4v) is 2.55. The van der Waals surface area contributed by atoms with Gasteiger partial charge in [-0.2, -0.15) is 0 Å². The molecule has 0 aromatic heterocycles. The van der Waals surface area contributed by atoms with Crippen LogP contribution in [0.3, 0.4) is 0 Å². The van der Waals surface area contributed by atoms with Gasteiger partial charge in [0.05, 0.1) is 16.1 Å². The number of carbonyl (C=O) groups excluding carboxylic acids is 1. The molecule has 110 valence electrons. The third-order valence-corrected chi connectivity index (χ3v) is 4.02. The first-order chi connectivity index (χ1) is 10.0. The second-order valence-corrected chi connectivity index (χ2v) is 5.45.